The van der Waals surface area contributed by atoms with Crippen LogP contribution in [-0.4, -0.2) is 18.1 Å². The summed E-state index contributed by atoms with van der Waals surface area (Å²) in [5.74, 6) is 0. The number of benzene rings is 2. The van der Waals surface area contributed by atoms with E-state index in [1.54, 1.807) is 17.5 Å². The summed E-state index contributed by atoms with van der Waals surface area (Å²) >= 11 is 3.12. The summed E-state index contributed by atoms with van der Waals surface area (Å²) in [4.78, 5) is 6.49. The molecule has 0 bridgehead atoms. The Morgan fingerprint density at radius 2 is 1.47 bits per heavy atom. The molecule has 0 aliphatic carbocycles. The number of nitrogens with zero attached hydrogens (tertiary/aromatic N) is 8. The third kappa shape index (κ3) is 5.64. The van der Waals surface area contributed by atoms with Crippen LogP contribution in [-0.2, 0) is 0 Å². The Hall–Kier alpha value is -3.63. The van der Waals surface area contributed by atoms with Gasteiger partial charge in [-0.25, -0.2) is 4.98 Å². The van der Waals surface area contributed by atoms with Gasteiger partial charge in [0.05, 0.1) is 27.8 Å². The molecule has 0 amide bonds. The van der Waals surface area contributed by atoms with Crippen LogP contribution in [0.15, 0.2) is 96.9 Å². The molecule has 0 radical (unpaired) electrons. The van der Waals surface area contributed by atoms with Crippen molar-refractivity contribution in [3.05, 3.63) is 71.7 Å². The van der Waals surface area contributed by atoms with Crippen molar-refractivity contribution >= 4 is 60.6 Å². The molecule has 0 unspecified atom stereocenters. The fourth-order valence-electron chi connectivity index (χ4n) is 3.46. The highest BCUT2D eigenvalue weighted by Crippen LogP contribution is 2.35. The lowest BCUT2D eigenvalue weighted by atomic mass is 10.2. The molecule has 1 aliphatic heterocycles. The molecule has 0 spiro atoms. The summed E-state index contributed by atoms with van der Waals surface area (Å²) in [6, 6.07) is 17.4. The number of rotatable bonds is 7. The van der Waals surface area contributed by atoms with Crippen LogP contribution in [0.5, 0.6) is 0 Å². The molecule has 1 saturated heterocycles. The number of aromatic nitrogens is 1. The lowest BCUT2D eigenvalue weighted by Gasteiger charge is -2.13. The first-order chi connectivity index (χ1) is 16.7. The van der Waals surface area contributed by atoms with Gasteiger partial charge in [0.2, 0.25) is 5.13 Å². The van der Waals surface area contributed by atoms with E-state index in [9.17, 15) is 0 Å². The SMILES string of the molecule is Cc1cc(/N=N/c2ccc(N3CCCC3)s2)ccc1/N=N/c1ccc(/N=N/c2nccs2)cc1. The Kier molecular flexibility index (Phi) is 6.87. The summed E-state index contributed by atoms with van der Waals surface area (Å²) in [5, 5.41) is 30.5. The molecule has 0 N–H and O–H groups in total. The van der Waals surface area contributed by atoms with Crippen LogP contribution in [0.2, 0.25) is 0 Å². The highest BCUT2D eigenvalue weighted by Gasteiger charge is 2.14. The van der Waals surface area contributed by atoms with Gasteiger partial charge < -0.3 is 4.90 Å². The van der Waals surface area contributed by atoms with Gasteiger partial charge in [-0.3, -0.25) is 0 Å². The first-order valence-corrected chi connectivity index (χ1v) is 12.6. The molecule has 5 rings (SSSR count). The van der Waals surface area contributed by atoms with E-state index in [1.165, 1.54) is 29.2 Å². The van der Waals surface area contributed by atoms with E-state index in [1.807, 2.05) is 60.8 Å². The van der Waals surface area contributed by atoms with Crippen LogP contribution in [0.3, 0.4) is 0 Å². The number of azo groups is 3. The molecule has 1 fully saturated rings. The highest BCUT2D eigenvalue weighted by molar-refractivity contribution is 7.19. The summed E-state index contributed by atoms with van der Waals surface area (Å²) in [5.41, 5.74) is 4.04. The second-order valence-electron chi connectivity index (χ2n) is 7.71. The molecular formula is C24H22N8S2. The lowest BCUT2D eigenvalue weighted by Crippen LogP contribution is -2.15. The van der Waals surface area contributed by atoms with E-state index in [4.69, 9.17) is 0 Å². The molecular weight excluding hydrogens is 464 g/mol. The van der Waals surface area contributed by atoms with Crippen molar-refractivity contribution in [3.8, 4) is 0 Å². The molecule has 8 nitrogen and oxygen atoms in total. The Bertz CT molecular complexity index is 1320. The molecule has 3 heterocycles. The van der Waals surface area contributed by atoms with Gasteiger partial charge in [0, 0.05) is 24.7 Å². The van der Waals surface area contributed by atoms with Gasteiger partial charge >= 0.3 is 0 Å². The number of hydrogen-bond acceptors (Lipinski definition) is 10. The third-order valence-corrected chi connectivity index (χ3v) is 6.92. The van der Waals surface area contributed by atoms with Crippen LogP contribution in [0, 0.1) is 6.92 Å². The molecule has 170 valence electrons. The number of hydrogen-bond donors (Lipinski definition) is 0. The first kappa shape index (κ1) is 22.2. The van der Waals surface area contributed by atoms with E-state index >= 15 is 0 Å². The summed E-state index contributed by atoms with van der Waals surface area (Å²) in [6.45, 7) is 4.26. The van der Waals surface area contributed by atoms with Gasteiger partial charge in [-0.05, 0) is 79.9 Å². The van der Waals surface area contributed by atoms with Crippen molar-refractivity contribution in [2.24, 2.45) is 30.7 Å². The Morgan fingerprint density at radius 1 is 0.765 bits per heavy atom. The Labute approximate surface area is 205 Å². The van der Waals surface area contributed by atoms with E-state index in [0.717, 1.165) is 46.4 Å². The van der Waals surface area contributed by atoms with Crippen molar-refractivity contribution in [1.82, 2.24) is 4.98 Å². The summed E-state index contributed by atoms with van der Waals surface area (Å²) in [7, 11) is 0. The molecule has 10 heteroatoms. The quantitative estimate of drug-likeness (QED) is 0.243. The Morgan fingerprint density at radius 3 is 2.18 bits per heavy atom. The monoisotopic (exact) mass is 486 g/mol. The number of aryl methyl sites for hydroxylation is 1. The van der Waals surface area contributed by atoms with Crippen LogP contribution in [0.25, 0.3) is 0 Å². The van der Waals surface area contributed by atoms with E-state index in [0.29, 0.717) is 5.13 Å². The minimum absolute atomic E-state index is 0.629. The predicted octanol–water partition coefficient (Wildman–Crippen LogP) is 9.36. The van der Waals surface area contributed by atoms with Gasteiger partial charge in [0.25, 0.3) is 0 Å². The third-order valence-electron chi connectivity index (χ3n) is 5.23. The van der Waals surface area contributed by atoms with Crippen molar-refractivity contribution in [3.63, 3.8) is 0 Å². The van der Waals surface area contributed by atoms with Crippen molar-refractivity contribution < 1.29 is 0 Å². The van der Waals surface area contributed by atoms with Crippen LogP contribution in [0.4, 0.5) is 37.9 Å². The molecule has 2 aromatic heterocycles. The zero-order valence-electron chi connectivity index (χ0n) is 18.6. The molecule has 1 aliphatic rings. The molecule has 4 aromatic rings. The lowest BCUT2D eigenvalue weighted by molar-refractivity contribution is 0.949. The molecule has 34 heavy (non-hydrogen) atoms. The average Bonchev–Trinajstić information content (AvgIpc) is 3.64. The fourth-order valence-corrected chi connectivity index (χ4v) is 4.80. The summed E-state index contributed by atoms with van der Waals surface area (Å²) < 4.78 is 0. The molecule has 0 saturated carbocycles. The molecule has 0 atom stereocenters. The maximum atomic E-state index is 4.42. The minimum Gasteiger partial charge on any atom is -0.363 e. The second kappa shape index (κ2) is 10.5. The maximum Gasteiger partial charge on any atom is 0.229 e. The average molecular weight is 487 g/mol. The highest BCUT2D eigenvalue weighted by atomic mass is 32.1. The Balaban J connectivity index is 1.21. The zero-order chi connectivity index (χ0) is 23.2. The van der Waals surface area contributed by atoms with Gasteiger partial charge in [0.15, 0.2) is 0 Å². The number of thiophene rings is 1. The van der Waals surface area contributed by atoms with Crippen LogP contribution in [0.1, 0.15) is 18.4 Å². The van der Waals surface area contributed by atoms with Gasteiger partial charge in [-0.1, -0.05) is 11.3 Å². The largest absolute Gasteiger partial charge is 0.363 e. The van der Waals surface area contributed by atoms with E-state index in [2.05, 4.69) is 46.6 Å². The van der Waals surface area contributed by atoms with E-state index in [-0.39, 0.29) is 0 Å². The van der Waals surface area contributed by atoms with Crippen LogP contribution >= 0.6 is 22.7 Å². The maximum absolute atomic E-state index is 4.42. The van der Waals surface area contributed by atoms with Gasteiger partial charge in [-0.15, -0.1) is 31.8 Å². The number of anilines is 1. The normalized spacial score (nSPS) is 14.3. The minimum atomic E-state index is 0.629. The zero-order valence-corrected chi connectivity index (χ0v) is 20.2. The van der Waals surface area contributed by atoms with Crippen molar-refractivity contribution in [2.45, 2.75) is 19.8 Å². The smallest absolute Gasteiger partial charge is 0.229 e. The van der Waals surface area contributed by atoms with Crippen molar-refractivity contribution in [1.29, 1.82) is 0 Å². The van der Waals surface area contributed by atoms with Gasteiger partial charge in [0.1, 0.15) is 5.00 Å². The predicted molar refractivity (Wildman–Crippen MR) is 138 cm³/mol. The number of thiazole rings is 1. The second-order valence-corrected chi connectivity index (χ2v) is 9.62. The fraction of sp³-hybridized carbons (Fsp3) is 0.208. The van der Waals surface area contributed by atoms with Crippen LogP contribution < -0.4 is 4.90 Å². The molecule has 2 aromatic carbocycles. The van der Waals surface area contributed by atoms with E-state index < -0.39 is 0 Å². The standard InChI is InChI=1S/C24H22N8S2/c1-17-16-20(28-30-22-10-11-23(34-22)32-13-2-3-14-32)8-9-21(17)29-26-18-4-6-19(7-5-18)27-31-24-25-12-15-33-24/h4-12,15-16H,2-3,13-14H2,1H3/b29-26+,30-28+,31-27+. The van der Waals surface area contributed by atoms with Crippen molar-refractivity contribution in [2.75, 3.05) is 18.0 Å². The van der Waals surface area contributed by atoms with Gasteiger partial charge in [-0.2, -0.15) is 10.2 Å². The summed E-state index contributed by atoms with van der Waals surface area (Å²) in [6.07, 6.45) is 4.24. The first-order valence-electron chi connectivity index (χ1n) is 10.9. The topological polar surface area (TPSA) is 90.3 Å².